The number of nitrogens with one attached hydrogen (secondary N) is 3. The number of aromatic nitrogens is 3. The van der Waals surface area contributed by atoms with Crippen LogP contribution in [0.2, 0.25) is 5.02 Å². The van der Waals surface area contributed by atoms with Crippen LogP contribution in [0.1, 0.15) is 27.3 Å². The molecule has 3 heterocycles. The van der Waals surface area contributed by atoms with Crippen LogP contribution in [0.5, 0.6) is 0 Å². The van der Waals surface area contributed by atoms with Crippen molar-refractivity contribution in [3.63, 3.8) is 0 Å². The Kier molecular flexibility index (Phi) is 4.72. The minimum atomic E-state index is -0.260. The molecule has 1 fully saturated rings. The lowest BCUT2D eigenvalue weighted by molar-refractivity contribution is 0.0782. The van der Waals surface area contributed by atoms with Crippen LogP contribution in [0.3, 0.4) is 0 Å². The van der Waals surface area contributed by atoms with Gasteiger partial charge in [0.15, 0.2) is 0 Å². The van der Waals surface area contributed by atoms with E-state index in [1.165, 1.54) is 4.57 Å². The molecule has 3 aromatic rings. The van der Waals surface area contributed by atoms with Crippen molar-refractivity contribution in [2.45, 2.75) is 6.42 Å². The van der Waals surface area contributed by atoms with Crippen molar-refractivity contribution in [3.8, 4) is 0 Å². The summed E-state index contributed by atoms with van der Waals surface area (Å²) < 4.78 is 1.47. The van der Waals surface area contributed by atoms with Gasteiger partial charge in [0.05, 0.1) is 21.6 Å². The van der Waals surface area contributed by atoms with E-state index in [0.717, 1.165) is 6.42 Å². The Balaban J connectivity index is 1.39. The van der Waals surface area contributed by atoms with Crippen LogP contribution >= 0.6 is 11.6 Å². The molecule has 0 bridgehead atoms. The highest BCUT2D eigenvalue weighted by atomic mass is 35.5. The number of H-pyrrole nitrogens is 2. The minimum Gasteiger partial charge on any atom is -0.356 e. The number of carbonyl (C=O) groups is 2. The molecule has 1 atom stereocenters. The summed E-state index contributed by atoms with van der Waals surface area (Å²) in [5.41, 5.74) is 1.85. The second kappa shape index (κ2) is 7.20. The van der Waals surface area contributed by atoms with E-state index in [1.54, 1.807) is 42.4 Å². The average Bonchev–Trinajstić information content (AvgIpc) is 3.40. The molecule has 28 heavy (non-hydrogen) atoms. The number of carbonyl (C=O) groups excluding carboxylic acids is 2. The summed E-state index contributed by atoms with van der Waals surface area (Å²) in [7, 11) is 1.66. The summed E-state index contributed by atoms with van der Waals surface area (Å²) in [6, 6.07) is 6.84. The maximum Gasteiger partial charge on any atom is 0.326 e. The monoisotopic (exact) mass is 401 g/mol. The molecule has 0 aliphatic carbocycles. The quantitative estimate of drug-likeness (QED) is 0.620. The summed E-state index contributed by atoms with van der Waals surface area (Å²) in [6.45, 7) is 1.67. The maximum absolute atomic E-state index is 12.6. The van der Waals surface area contributed by atoms with Crippen molar-refractivity contribution in [1.82, 2.24) is 24.8 Å². The van der Waals surface area contributed by atoms with Crippen molar-refractivity contribution in [2.75, 3.05) is 19.6 Å². The fraction of sp³-hybridized carbons (Fsp3) is 0.316. The van der Waals surface area contributed by atoms with E-state index in [-0.39, 0.29) is 23.4 Å². The summed E-state index contributed by atoms with van der Waals surface area (Å²) in [6.07, 6.45) is 2.39. The summed E-state index contributed by atoms with van der Waals surface area (Å²) in [4.78, 5) is 44.3. The van der Waals surface area contributed by atoms with Crippen molar-refractivity contribution < 1.29 is 9.59 Å². The molecule has 1 aliphatic heterocycles. The van der Waals surface area contributed by atoms with E-state index in [9.17, 15) is 14.4 Å². The zero-order valence-corrected chi connectivity index (χ0v) is 16.0. The van der Waals surface area contributed by atoms with Gasteiger partial charge < -0.3 is 20.2 Å². The van der Waals surface area contributed by atoms with Crippen molar-refractivity contribution in [2.24, 2.45) is 13.0 Å². The zero-order chi connectivity index (χ0) is 19.8. The lowest BCUT2D eigenvalue weighted by Gasteiger charge is -2.16. The maximum atomic E-state index is 12.6. The Morgan fingerprint density at radius 1 is 1.36 bits per heavy atom. The number of imidazole rings is 1. The number of hydrogen-bond acceptors (Lipinski definition) is 3. The van der Waals surface area contributed by atoms with E-state index in [1.807, 2.05) is 0 Å². The first kappa shape index (κ1) is 18.4. The molecule has 3 N–H and O–H groups in total. The Morgan fingerprint density at radius 2 is 2.18 bits per heavy atom. The third-order valence-electron chi connectivity index (χ3n) is 5.19. The highest BCUT2D eigenvalue weighted by Crippen LogP contribution is 2.20. The number of aromatic amines is 2. The van der Waals surface area contributed by atoms with Crippen molar-refractivity contribution >= 4 is 34.4 Å². The molecule has 1 aromatic carbocycles. The molecule has 146 valence electrons. The smallest absolute Gasteiger partial charge is 0.326 e. The van der Waals surface area contributed by atoms with Gasteiger partial charge in [0.25, 0.3) is 11.8 Å². The third-order valence-corrected chi connectivity index (χ3v) is 5.41. The number of aryl methyl sites for hydroxylation is 1. The molecule has 2 aromatic heterocycles. The fourth-order valence-corrected chi connectivity index (χ4v) is 3.78. The van der Waals surface area contributed by atoms with Crippen LogP contribution in [-0.2, 0) is 7.05 Å². The molecule has 1 aliphatic rings. The SMILES string of the molecule is Cn1c(=O)[nH]c2c(C(=O)NCC3CCN(C(=O)c4cc(Cl)c[nH]4)C3)cccc21. The lowest BCUT2D eigenvalue weighted by Crippen LogP contribution is -2.33. The number of para-hydroxylation sites is 1. The number of amides is 2. The minimum absolute atomic E-state index is 0.0904. The lowest BCUT2D eigenvalue weighted by atomic mass is 10.1. The van der Waals surface area contributed by atoms with Gasteiger partial charge in [-0.25, -0.2) is 4.79 Å². The van der Waals surface area contributed by atoms with E-state index in [4.69, 9.17) is 11.6 Å². The predicted molar refractivity (Wildman–Crippen MR) is 106 cm³/mol. The number of fused-ring (bicyclic) bond motifs is 1. The van der Waals surface area contributed by atoms with Crippen molar-refractivity contribution in [3.05, 3.63) is 57.2 Å². The summed E-state index contributed by atoms with van der Waals surface area (Å²) >= 11 is 5.86. The summed E-state index contributed by atoms with van der Waals surface area (Å²) in [5.74, 6) is -0.159. The average molecular weight is 402 g/mol. The number of hydrogen-bond donors (Lipinski definition) is 3. The molecule has 4 rings (SSSR count). The molecule has 2 amide bonds. The van der Waals surface area contributed by atoms with Gasteiger partial charge in [-0.1, -0.05) is 17.7 Å². The highest BCUT2D eigenvalue weighted by Gasteiger charge is 2.28. The van der Waals surface area contributed by atoms with Gasteiger partial charge in [0, 0.05) is 32.9 Å². The largest absolute Gasteiger partial charge is 0.356 e. The second-order valence-corrected chi connectivity index (χ2v) is 7.47. The highest BCUT2D eigenvalue weighted by molar-refractivity contribution is 6.30. The van der Waals surface area contributed by atoms with Gasteiger partial charge in [-0.2, -0.15) is 0 Å². The van der Waals surface area contributed by atoms with E-state index >= 15 is 0 Å². The van der Waals surface area contributed by atoms with E-state index in [0.29, 0.717) is 46.9 Å². The predicted octanol–water partition coefficient (Wildman–Crippen LogP) is 1.74. The van der Waals surface area contributed by atoms with Crippen LogP contribution in [0, 0.1) is 5.92 Å². The van der Waals surface area contributed by atoms with Crippen LogP contribution in [-0.4, -0.2) is 50.9 Å². The first-order valence-electron chi connectivity index (χ1n) is 9.03. The Hall–Kier alpha value is -3.00. The Labute approximate surface area is 165 Å². The molecule has 8 nitrogen and oxygen atoms in total. The van der Waals surface area contributed by atoms with Crippen molar-refractivity contribution in [1.29, 1.82) is 0 Å². The number of rotatable bonds is 4. The van der Waals surface area contributed by atoms with Crippen LogP contribution < -0.4 is 11.0 Å². The molecule has 0 radical (unpaired) electrons. The van der Waals surface area contributed by atoms with Gasteiger partial charge in [0.2, 0.25) is 0 Å². The molecule has 0 spiro atoms. The van der Waals surface area contributed by atoms with Crippen LogP contribution in [0.25, 0.3) is 11.0 Å². The van der Waals surface area contributed by atoms with Crippen LogP contribution in [0.15, 0.2) is 35.3 Å². The van der Waals surface area contributed by atoms with Crippen LogP contribution in [0.4, 0.5) is 0 Å². The normalized spacial score (nSPS) is 16.6. The number of nitrogens with zero attached hydrogens (tertiary/aromatic N) is 2. The zero-order valence-electron chi connectivity index (χ0n) is 15.3. The Bertz CT molecular complexity index is 1110. The first-order valence-corrected chi connectivity index (χ1v) is 9.41. The number of halogens is 1. The number of benzene rings is 1. The molecular formula is C19H20ClN5O3. The van der Waals surface area contributed by atoms with Gasteiger partial charge in [0.1, 0.15) is 5.69 Å². The topological polar surface area (TPSA) is 103 Å². The van der Waals surface area contributed by atoms with E-state index < -0.39 is 0 Å². The van der Waals surface area contributed by atoms with Gasteiger partial charge in [-0.3, -0.25) is 14.2 Å². The number of likely N-dealkylation sites (tertiary alicyclic amines) is 1. The molecule has 1 unspecified atom stereocenters. The molecule has 1 saturated heterocycles. The Morgan fingerprint density at radius 3 is 2.93 bits per heavy atom. The first-order chi connectivity index (χ1) is 13.4. The summed E-state index contributed by atoms with van der Waals surface area (Å²) in [5, 5.41) is 3.43. The molecule has 0 saturated carbocycles. The van der Waals surface area contributed by atoms with Gasteiger partial charge >= 0.3 is 5.69 Å². The van der Waals surface area contributed by atoms with Gasteiger partial charge in [-0.05, 0) is 30.5 Å². The molecule has 9 heteroatoms. The fourth-order valence-electron chi connectivity index (χ4n) is 3.62. The van der Waals surface area contributed by atoms with Gasteiger partial charge in [-0.15, -0.1) is 0 Å². The molecular weight excluding hydrogens is 382 g/mol. The second-order valence-electron chi connectivity index (χ2n) is 7.04. The van der Waals surface area contributed by atoms with E-state index in [2.05, 4.69) is 15.3 Å². The third kappa shape index (κ3) is 3.31. The standard InChI is InChI=1S/C19H20ClN5O3/c1-24-15-4-2-3-13(16(15)23-19(24)28)17(26)22-8-11-5-6-25(10-11)18(27)14-7-12(20)9-21-14/h2-4,7,9,11,21H,5-6,8,10H2,1H3,(H,22,26)(H,23,28).